The average Bonchev–Trinajstić information content (AvgIpc) is 2.75. The molecule has 1 fully saturated rings. The largest absolute Gasteiger partial charge is 0.342 e. The van der Waals surface area contributed by atoms with Crippen molar-refractivity contribution < 1.29 is 4.79 Å². The highest BCUT2D eigenvalue weighted by Gasteiger charge is 2.24. The average molecular weight is 317 g/mol. The molecular formula is C17H23N3OS. The van der Waals surface area contributed by atoms with Crippen molar-refractivity contribution in [2.75, 3.05) is 13.1 Å². The van der Waals surface area contributed by atoms with Crippen LogP contribution in [0.15, 0.2) is 11.1 Å². The maximum atomic E-state index is 12.6. The van der Waals surface area contributed by atoms with Crippen LogP contribution >= 0.6 is 11.8 Å². The van der Waals surface area contributed by atoms with E-state index in [9.17, 15) is 10.1 Å². The topological polar surface area (TPSA) is 57.0 Å². The fraction of sp³-hybridized carbons (Fsp3) is 0.588. The van der Waals surface area contributed by atoms with Gasteiger partial charge in [-0.25, -0.2) is 4.98 Å². The van der Waals surface area contributed by atoms with Gasteiger partial charge in [-0.1, -0.05) is 24.6 Å². The molecule has 0 spiro atoms. The number of carbonyl (C=O) groups is 1. The van der Waals surface area contributed by atoms with Crippen LogP contribution in [-0.2, 0) is 4.79 Å². The lowest BCUT2D eigenvalue weighted by Gasteiger charge is -2.24. The lowest BCUT2D eigenvalue weighted by Crippen LogP contribution is -2.37. The third-order valence-corrected chi connectivity index (χ3v) is 5.05. The summed E-state index contributed by atoms with van der Waals surface area (Å²) in [5, 5.41) is 9.80. The number of pyridine rings is 1. The van der Waals surface area contributed by atoms with Crippen LogP contribution in [0.5, 0.6) is 0 Å². The van der Waals surface area contributed by atoms with E-state index in [1.54, 1.807) is 0 Å². The third kappa shape index (κ3) is 4.01. The number of nitriles is 1. The number of nitrogens with zero attached hydrogens (tertiary/aromatic N) is 3. The molecule has 2 heterocycles. The van der Waals surface area contributed by atoms with Crippen molar-refractivity contribution in [1.82, 2.24) is 9.88 Å². The van der Waals surface area contributed by atoms with Gasteiger partial charge in [0.05, 0.1) is 10.8 Å². The summed E-state index contributed by atoms with van der Waals surface area (Å²) < 4.78 is 0. The van der Waals surface area contributed by atoms with E-state index in [1.165, 1.54) is 24.6 Å². The number of aromatic nitrogens is 1. The molecule has 0 N–H and O–H groups in total. The Morgan fingerprint density at radius 3 is 2.55 bits per heavy atom. The van der Waals surface area contributed by atoms with Crippen LogP contribution < -0.4 is 0 Å². The first kappa shape index (κ1) is 16.8. The first-order valence-electron chi connectivity index (χ1n) is 7.86. The van der Waals surface area contributed by atoms with Gasteiger partial charge in [-0.3, -0.25) is 4.79 Å². The monoisotopic (exact) mass is 317 g/mol. The minimum Gasteiger partial charge on any atom is -0.342 e. The molecule has 22 heavy (non-hydrogen) atoms. The summed E-state index contributed by atoms with van der Waals surface area (Å²) in [4.78, 5) is 19.1. The van der Waals surface area contributed by atoms with Crippen molar-refractivity contribution in [3.8, 4) is 6.07 Å². The summed E-state index contributed by atoms with van der Waals surface area (Å²) in [5.74, 6) is 0.164. The second kappa shape index (κ2) is 7.64. The SMILES string of the molecule is Cc1cc(C)c(C#N)c(SC(C)C(=O)N2CCCCCC2)n1. The molecular weight excluding hydrogens is 294 g/mol. The second-order valence-corrected chi connectivity index (χ2v) is 7.20. The van der Waals surface area contributed by atoms with E-state index in [0.717, 1.165) is 37.2 Å². The van der Waals surface area contributed by atoms with E-state index in [4.69, 9.17) is 0 Å². The summed E-state index contributed by atoms with van der Waals surface area (Å²) in [6.07, 6.45) is 4.60. The first-order valence-corrected chi connectivity index (χ1v) is 8.74. The molecule has 1 aliphatic rings. The summed E-state index contributed by atoms with van der Waals surface area (Å²) in [6, 6.07) is 4.12. The molecule has 0 aromatic carbocycles. The van der Waals surface area contributed by atoms with E-state index < -0.39 is 0 Å². The number of hydrogen-bond donors (Lipinski definition) is 0. The highest BCUT2D eigenvalue weighted by Crippen LogP contribution is 2.28. The molecule has 1 atom stereocenters. The molecule has 0 aliphatic carbocycles. The molecule has 4 nitrogen and oxygen atoms in total. The van der Waals surface area contributed by atoms with Crippen molar-refractivity contribution in [3.63, 3.8) is 0 Å². The van der Waals surface area contributed by atoms with Gasteiger partial charge >= 0.3 is 0 Å². The Morgan fingerprint density at radius 2 is 1.95 bits per heavy atom. The zero-order valence-electron chi connectivity index (χ0n) is 13.6. The molecule has 1 aromatic rings. The Morgan fingerprint density at radius 1 is 1.32 bits per heavy atom. The number of carbonyl (C=O) groups excluding carboxylic acids is 1. The standard InChI is InChI=1S/C17H23N3OS/c1-12-10-13(2)19-16(15(12)11-18)22-14(3)17(21)20-8-6-4-5-7-9-20/h10,14H,4-9H2,1-3H3. The predicted molar refractivity (Wildman–Crippen MR) is 88.8 cm³/mol. The van der Waals surface area contributed by atoms with Crippen LogP contribution in [0, 0.1) is 25.2 Å². The number of amides is 1. The summed E-state index contributed by atoms with van der Waals surface area (Å²) in [7, 11) is 0. The fourth-order valence-electron chi connectivity index (χ4n) is 2.79. The van der Waals surface area contributed by atoms with Gasteiger partial charge in [-0.05, 0) is 45.2 Å². The minimum absolute atomic E-state index is 0.164. The van der Waals surface area contributed by atoms with E-state index in [2.05, 4.69) is 11.1 Å². The van der Waals surface area contributed by atoms with Gasteiger partial charge in [0, 0.05) is 18.8 Å². The lowest BCUT2D eigenvalue weighted by molar-refractivity contribution is -0.130. The van der Waals surface area contributed by atoms with Crippen molar-refractivity contribution in [2.24, 2.45) is 0 Å². The number of hydrogen-bond acceptors (Lipinski definition) is 4. The lowest BCUT2D eigenvalue weighted by atomic mass is 10.1. The van der Waals surface area contributed by atoms with Gasteiger partial charge in [0.25, 0.3) is 0 Å². The fourth-order valence-corrected chi connectivity index (χ4v) is 3.90. The van der Waals surface area contributed by atoms with Gasteiger partial charge in [-0.15, -0.1) is 0 Å². The summed E-state index contributed by atoms with van der Waals surface area (Å²) >= 11 is 1.41. The molecule has 1 unspecified atom stereocenters. The molecule has 1 saturated heterocycles. The second-order valence-electron chi connectivity index (χ2n) is 5.87. The molecule has 0 radical (unpaired) electrons. The van der Waals surface area contributed by atoms with Crippen molar-refractivity contribution in [1.29, 1.82) is 5.26 Å². The Kier molecular flexibility index (Phi) is 5.84. The number of thioether (sulfide) groups is 1. The molecule has 1 aromatic heterocycles. The van der Waals surface area contributed by atoms with Gasteiger partial charge in [0.15, 0.2) is 0 Å². The highest BCUT2D eigenvalue weighted by atomic mass is 32.2. The molecule has 0 bridgehead atoms. The van der Waals surface area contributed by atoms with E-state index >= 15 is 0 Å². The Balaban J connectivity index is 2.13. The Hall–Kier alpha value is -1.54. The molecule has 0 saturated carbocycles. The summed E-state index contributed by atoms with van der Waals surface area (Å²) in [5.41, 5.74) is 2.39. The number of rotatable bonds is 3. The highest BCUT2D eigenvalue weighted by molar-refractivity contribution is 8.00. The van der Waals surface area contributed by atoms with Crippen molar-refractivity contribution >= 4 is 17.7 Å². The number of aryl methyl sites for hydroxylation is 2. The molecule has 2 rings (SSSR count). The van der Waals surface area contributed by atoms with Crippen LogP contribution in [0.4, 0.5) is 0 Å². The van der Waals surface area contributed by atoms with Crippen LogP contribution in [0.3, 0.4) is 0 Å². The van der Waals surface area contributed by atoms with Crippen LogP contribution in [0.25, 0.3) is 0 Å². The van der Waals surface area contributed by atoms with Crippen molar-refractivity contribution in [2.45, 2.75) is 56.7 Å². The van der Waals surface area contributed by atoms with E-state index in [-0.39, 0.29) is 11.2 Å². The zero-order chi connectivity index (χ0) is 16.1. The Bertz CT molecular complexity index is 586. The third-order valence-electron chi connectivity index (χ3n) is 3.98. The van der Waals surface area contributed by atoms with E-state index in [1.807, 2.05) is 31.7 Å². The molecule has 1 aliphatic heterocycles. The normalized spacial score (nSPS) is 16.7. The Labute approximate surface area is 136 Å². The maximum Gasteiger partial charge on any atom is 0.235 e. The van der Waals surface area contributed by atoms with E-state index in [0.29, 0.717) is 10.6 Å². The molecule has 1 amide bonds. The first-order chi connectivity index (χ1) is 10.5. The number of likely N-dealkylation sites (tertiary alicyclic amines) is 1. The maximum absolute atomic E-state index is 12.6. The van der Waals surface area contributed by atoms with Crippen LogP contribution in [0.1, 0.15) is 49.4 Å². The minimum atomic E-state index is -0.209. The zero-order valence-corrected chi connectivity index (χ0v) is 14.4. The smallest absolute Gasteiger partial charge is 0.235 e. The predicted octanol–water partition coefficient (Wildman–Crippen LogP) is 3.45. The van der Waals surface area contributed by atoms with Gasteiger partial charge in [0.1, 0.15) is 11.1 Å². The van der Waals surface area contributed by atoms with Gasteiger partial charge in [0.2, 0.25) is 5.91 Å². The van der Waals surface area contributed by atoms with Gasteiger partial charge < -0.3 is 4.90 Å². The van der Waals surface area contributed by atoms with Crippen LogP contribution in [0.2, 0.25) is 0 Å². The quantitative estimate of drug-likeness (QED) is 0.801. The molecule has 118 valence electrons. The molecule has 5 heteroatoms. The summed E-state index contributed by atoms with van der Waals surface area (Å²) in [6.45, 7) is 7.46. The van der Waals surface area contributed by atoms with Gasteiger partial charge in [-0.2, -0.15) is 5.26 Å². The van der Waals surface area contributed by atoms with Crippen LogP contribution in [-0.4, -0.2) is 34.1 Å². The van der Waals surface area contributed by atoms with Crippen molar-refractivity contribution in [3.05, 3.63) is 22.9 Å².